The number of hydrogen-bond acceptors (Lipinski definition) is 3. The molecule has 2 aromatic rings. The van der Waals surface area contributed by atoms with Crippen molar-refractivity contribution in [3.8, 4) is 5.75 Å². The SMILES string of the molecule is C[C@@H](Oc1ccccc1)C(=O)N1c2ccccc2SC[C@@H]1C. The first kappa shape index (κ1) is 15.0. The van der Waals surface area contributed by atoms with E-state index in [0.29, 0.717) is 0 Å². The van der Waals surface area contributed by atoms with E-state index in [1.165, 1.54) is 0 Å². The Balaban J connectivity index is 1.82. The van der Waals surface area contributed by atoms with Gasteiger partial charge in [0.2, 0.25) is 0 Å². The quantitative estimate of drug-likeness (QED) is 0.858. The van der Waals surface area contributed by atoms with E-state index in [4.69, 9.17) is 4.74 Å². The highest BCUT2D eigenvalue weighted by molar-refractivity contribution is 7.99. The molecule has 4 heteroatoms. The second-order valence-electron chi connectivity index (χ2n) is 5.41. The summed E-state index contributed by atoms with van der Waals surface area (Å²) in [6, 6.07) is 17.7. The first-order chi connectivity index (χ1) is 10.7. The van der Waals surface area contributed by atoms with E-state index < -0.39 is 6.10 Å². The zero-order chi connectivity index (χ0) is 15.5. The predicted molar refractivity (Wildman–Crippen MR) is 90.6 cm³/mol. The van der Waals surface area contributed by atoms with Crippen LogP contribution in [0.4, 0.5) is 5.69 Å². The Morgan fingerprint density at radius 3 is 2.64 bits per heavy atom. The molecule has 0 fully saturated rings. The zero-order valence-electron chi connectivity index (χ0n) is 12.7. The molecule has 1 aliphatic heterocycles. The van der Waals surface area contributed by atoms with Crippen molar-refractivity contribution in [3.05, 3.63) is 54.6 Å². The molecule has 0 bridgehead atoms. The standard InChI is InChI=1S/C18H19NO2S/c1-13-12-22-17-11-7-6-10-16(17)19(13)18(20)14(2)21-15-8-4-3-5-9-15/h3-11,13-14H,12H2,1-2H3/t13-,14+/m0/s1. The van der Waals surface area contributed by atoms with Crippen LogP contribution in [0.3, 0.4) is 0 Å². The molecule has 3 nitrogen and oxygen atoms in total. The van der Waals surface area contributed by atoms with Gasteiger partial charge < -0.3 is 9.64 Å². The van der Waals surface area contributed by atoms with E-state index in [9.17, 15) is 4.79 Å². The summed E-state index contributed by atoms with van der Waals surface area (Å²) in [4.78, 5) is 15.9. The number of carbonyl (C=O) groups excluding carboxylic acids is 1. The zero-order valence-corrected chi connectivity index (χ0v) is 13.5. The van der Waals surface area contributed by atoms with Crippen LogP contribution in [-0.2, 0) is 4.79 Å². The van der Waals surface area contributed by atoms with Crippen LogP contribution in [0.25, 0.3) is 0 Å². The molecule has 3 rings (SSSR count). The minimum absolute atomic E-state index is 0.00380. The van der Waals surface area contributed by atoms with E-state index in [0.717, 1.165) is 22.1 Å². The number of para-hydroxylation sites is 2. The minimum Gasteiger partial charge on any atom is -0.481 e. The van der Waals surface area contributed by atoms with E-state index in [1.807, 2.05) is 60.4 Å². The van der Waals surface area contributed by atoms with E-state index >= 15 is 0 Å². The van der Waals surface area contributed by atoms with Crippen LogP contribution in [0.15, 0.2) is 59.5 Å². The van der Waals surface area contributed by atoms with Gasteiger partial charge >= 0.3 is 0 Å². The molecule has 1 amide bonds. The smallest absolute Gasteiger partial charge is 0.268 e. The average Bonchev–Trinajstić information content (AvgIpc) is 2.55. The third-order valence-electron chi connectivity index (χ3n) is 3.69. The summed E-state index contributed by atoms with van der Waals surface area (Å²) >= 11 is 1.80. The van der Waals surface area contributed by atoms with E-state index in [1.54, 1.807) is 11.8 Å². The molecule has 0 aromatic heterocycles. The van der Waals surface area contributed by atoms with Gasteiger partial charge in [0.1, 0.15) is 5.75 Å². The Hall–Kier alpha value is -1.94. The van der Waals surface area contributed by atoms with Gasteiger partial charge in [0, 0.05) is 16.7 Å². The van der Waals surface area contributed by atoms with Crippen molar-refractivity contribution in [1.29, 1.82) is 0 Å². The topological polar surface area (TPSA) is 29.5 Å². The average molecular weight is 313 g/mol. The molecule has 0 N–H and O–H groups in total. The molecule has 0 aliphatic carbocycles. The number of ether oxygens (including phenoxy) is 1. The summed E-state index contributed by atoms with van der Waals surface area (Å²) < 4.78 is 5.79. The van der Waals surface area contributed by atoms with Crippen LogP contribution < -0.4 is 9.64 Å². The van der Waals surface area contributed by atoms with Crippen molar-refractivity contribution < 1.29 is 9.53 Å². The fourth-order valence-corrected chi connectivity index (χ4v) is 3.64. The summed E-state index contributed by atoms with van der Waals surface area (Å²) in [7, 11) is 0. The van der Waals surface area contributed by atoms with Crippen LogP contribution >= 0.6 is 11.8 Å². The summed E-state index contributed by atoms with van der Waals surface area (Å²) in [6.45, 7) is 3.89. The van der Waals surface area contributed by atoms with Gasteiger partial charge in [-0.25, -0.2) is 0 Å². The highest BCUT2D eigenvalue weighted by atomic mass is 32.2. The Bertz CT molecular complexity index is 659. The molecular formula is C18H19NO2S. The fourth-order valence-electron chi connectivity index (χ4n) is 2.59. The summed E-state index contributed by atoms with van der Waals surface area (Å²) in [6.07, 6.45) is -0.513. The monoisotopic (exact) mass is 313 g/mol. The maximum absolute atomic E-state index is 12.9. The number of rotatable bonds is 3. The summed E-state index contributed by atoms with van der Waals surface area (Å²) in [5.74, 6) is 1.63. The Morgan fingerprint density at radius 1 is 1.18 bits per heavy atom. The Morgan fingerprint density at radius 2 is 1.86 bits per heavy atom. The van der Waals surface area contributed by atoms with Crippen LogP contribution in [-0.4, -0.2) is 23.8 Å². The van der Waals surface area contributed by atoms with Crippen molar-refractivity contribution in [2.45, 2.75) is 30.9 Å². The molecule has 1 aliphatic rings. The number of fused-ring (bicyclic) bond motifs is 1. The number of hydrogen-bond donors (Lipinski definition) is 0. The number of nitrogens with zero attached hydrogens (tertiary/aromatic N) is 1. The molecule has 2 aromatic carbocycles. The number of anilines is 1. The lowest BCUT2D eigenvalue weighted by Gasteiger charge is -2.36. The lowest BCUT2D eigenvalue weighted by Crippen LogP contribution is -2.48. The minimum atomic E-state index is -0.513. The highest BCUT2D eigenvalue weighted by Crippen LogP contribution is 2.37. The van der Waals surface area contributed by atoms with Gasteiger partial charge in [0.05, 0.1) is 5.69 Å². The van der Waals surface area contributed by atoms with Gasteiger partial charge in [-0.3, -0.25) is 4.79 Å². The second-order valence-corrected chi connectivity index (χ2v) is 6.47. The third kappa shape index (κ3) is 2.97. The van der Waals surface area contributed by atoms with Crippen molar-refractivity contribution in [1.82, 2.24) is 0 Å². The Kier molecular flexibility index (Phi) is 4.39. The number of thioether (sulfide) groups is 1. The molecule has 0 radical (unpaired) electrons. The first-order valence-corrected chi connectivity index (χ1v) is 8.42. The lowest BCUT2D eigenvalue weighted by atomic mass is 10.2. The van der Waals surface area contributed by atoms with Crippen LogP contribution in [0, 0.1) is 0 Å². The second kappa shape index (κ2) is 6.44. The van der Waals surface area contributed by atoms with Gasteiger partial charge in [-0.2, -0.15) is 0 Å². The molecule has 2 atom stereocenters. The largest absolute Gasteiger partial charge is 0.481 e. The number of benzene rings is 2. The number of carbonyl (C=O) groups is 1. The normalized spacial score (nSPS) is 18.5. The summed E-state index contributed by atoms with van der Waals surface area (Å²) in [5, 5.41) is 0. The van der Waals surface area contributed by atoms with Crippen LogP contribution in [0.1, 0.15) is 13.8 Å². The maximum Gasteiger partial charge on any atom is 0.268 e. The van der Waals surface area contributed by atoms with Crippen LogP contribution in [0.2, 0.25) is 0 Å². The first-order valence-electron chi connectivity index (χ1n) is 7.43. The molecular weight excluding hydrogens is 294 g/mol. The highest BCUT2D eigenvalue weighted by Gasteiger charge is 2.32. The lowest BCUT2D eigenvalue weighted by molar-refractivity contribution is -0.125. The third-order valence-corrected chi connectivity index (χ3v) is 4.99. The molecule has 22 heavy (non-hydrogen) atoms. The van der Waals surface area contributed by atoms with E-state index in [-0.39, 0.29) is 11.9 Å². The fraction of sp³-hybridized carbons (Fsp3) is 0.278. The van der Waals surface area contributed by atoms with Gasteiger partial charge in [0.15, 0.2) is 6.10 Å². The number of amides is 1. The van der Waals surface area contributed by atoms with Gasteiger partial charge in [-0.05, 0) is 38.1 Å². The summed E-state index contributed by atoms with van der Waals surface area (Å²) in [5.41, 5.74) is 0.986. The van der Waals surface area contributed by atoms with Gasteiger partial charge in [-0.15, -0.1) is 11.8 Å². The van der Waals surface area contributed by atoms with Crippen molar-refractivity contribution in [3.63, 3.8) is 0 Å². The molecule has 0 spiro atoms. The molecule has 0 unspecified atom stereocenters. The maximum atomic E-state index is 12.9. The molecule has 1 heterocycles. The molecule has 114 valence electrons. The van der Waals surface area contributed by atoms with E-state index in [2.05, 4.69) is 13.0 Å². The predicted octanol–water partition coefficient (Wildman–Crippen LogP) is 3.98. The van der Waals surface area contributed by atoms with Gasteiger partial charge in [0.25, 0.3) is 5.91 Å². The van der Waals surface area contributed by atoms with Crippen molar-refractivity contribution in [2.24, 2.45) is 0 Å². The molecule has 0 saturated carbocycles. The van der Waals surface area contributed by atoms with Gasteiger partial charge in [-0.1, -0.05) is 30.3 Å². The van der Waals surface area contributed by atoms with Crippen molar-refractivity contribution in [2.75, 3.05) is 10.7 Å². The Labute approximate surface area is 135 Å². The van der Waals surface area contributed by atoms with Crippen LogP contribution in [0.5, 0.6) is 5.75 Å². The molecule has 0 saturated heterocycles. The van der Waals surface area contributed by atoms with Crippen molar-refractivity contribution >= 4 is 23.4 Å².